The number of allylic oxidation sites excluding steroid dienone is 2. The van der Waals surface area contributed by atoms with Gasteiger partial charge in [0, 0.05) is 6.54 Å². The van der Waals surface area contributed by atoms with Gasteiger partial charge in [0.05, 0.1) is 6.21 Å². The molecule has 1 rings (SSSR count). The Hall–Kier alpha value is -1.25. The van der Waals surface area contributed by atoms with Gasteiger partial charge in [0.25, 0.3) is 0 Å². The third-order valence-electron chi connectivity index (χ3n) is 1.16. The molecular formula is C7H10N2O. The summed E-state index contributed by atoms with van der Waals surface area (Å²) in [7, 11) is 1.53. The van der Waals surface area contributed by atoms with Crippen LogP contribution in [0.1, 0.15) is 0 Å². The SMILES string of the molecule is CON=CC1=CCNC=C1. The Bertz CT molecular complexity index is 182. The van der Waals surface area contributed by atoms with E-state index >= 15 is 0 Å². The van der Waals surface area contributed by atoms with Crippen LogP contribution < -0.4 is 5.32 Å². The van der Waals surface area contributed by atoms with Crippen LogP contribution in [0.25, 0.3) is 0 Å². The first-order chi connectivity index (χ1) is 4.93. The molecule has 3 nitrogen and oxygen atoms in total. The van der Waals surface area contributed by atoms with E-state index in [1.807, 2.05) is 18.4 Å². The van der Waals surface area contributed by atoms with Crippen LogP contribution in [-0.2, 0) is 4.84 Å². The van der Waals surface area contributed by atoms with Crippen molar-refractivity contribution in [3.05, 3.63) is 23.9 Å². The summed E-state index contributed by atoms with van der Waals surface area (Å²) in [6.07, 6.45) is 7.53. The average molecular weight is 138 g/mol. The molecule has 1 N–H and O–H groups in total. The van der Waals surface area contributed by atoms with Gasteiger partial charge in [-0.05, 0) is 17.8 Å². The van der Waals surface area contributed by atoms with Gasteiger partial charge >= 0.3 is 0 Å². The van der Waals surface area contributed by atoms with E-state index in [1.165, 1.54) is 7.11 Å². The summed E-state index contributed by atoms with van der Waals surface area (Å²) in [5, 5.41) is 6.65. The molecule has 10 heavy (non-hydrogen) atoms. The van der Waals surface area contributed by atoms with Crippen molar-refractivity contribution in [2.75, 3.05) is 13.7 Å². The molecule has 0 fully saturated rings. The maximum atomic E-state index is 4.52. The molecule has 0 aromatic rings. The van der Waals surface area contributed by atoms with E-state index in [2.05, 4.69) is 15.3 Å². The second kappa shape index (κ2) is 3.71. The molecule has 0 unspecified atom stereocenters. The molecule has 0 saturated carbocycles. The monoisotopic (exact) mass is 138 g/mol. The van der Waals surface area contributed by atoms with Gasteiger partial charge in [-0.1, -0.05) is 11.2 Å². The van der Waals surface area contributed by atoms with Crippen molar-refractivity contribution in [3.8, 4) is 0 Å². The fourth-order valence-electron chi connectivity index (χ4n) is 0.677. The van der Waals surface area contributed by atoms with Gasteiger partial charge in [-0.3, -0.25) is 0 Å². The van der Waals surface area contributed by atoms with E-state index in [4.69, 9.17) is 0 Å². The molecule has 0 atom stereocenters. The molecule has 0 spiro atoms. The smallest absolute Gasteiger partial charge is 0.106 e. The molecule has 0 aromatic carbocycles. The van der Waals surface area contributed by atoms with Crippen LogP contribution in [0.3, 0.4) is 0 Å². The summed E-state index contributed by atoms with van der Waals surface area (Å²) in [6.45, 7) is 0.863. The number of nitrogens with zero attached hydrogens (tertiary/aromatic N) is 1. The summed E-state index contributed by atoms with van der Waals surface area (Å²) in [4.78, 5) is 4.52. The third-order valence-corrected chi connectivity index (χ3v) is 1.16. The van der Waals surface area contributed by atoms with E-state index in [0.717, 1.165) is 12.1 Å². The van der Waals surface area contributed by atoms with Crippen LogP contribution in [0.2, 0.25) is 0 Å². The molecule has 1 aliphatic heterocycles. The van der Waals surface area contributed by atoms with Crippen LogP contribution in [0, 0.1) is 0 Å². The number of oxime groups is 1. The first-order valence-corrected chi connectivity index (χ1v) is 3.10. The largest absolute Gasteiger partial charge is 0.399 e. The molecule has 1 heterocycles. The van der Waals surface area contributed by atoms with Gasteiger partial charge in [-0.2, -0.15) is 0 Å². The van der Waals surface area contributed by atoms with E-state index in [9.17, 15) is 0 Å². The van der Waals surface area contributed by atoms with Crippen molar-refractivity contribution in [3.63, 3.8) is 0 Å². The van der Waals surface area contributed by atoms with Crippen LogP contribution in [0.5, 0.6) is 0 Å². The zero-order valence-electron chi connectivity index (χ0n) is 5.87. The number of rotatable bonds is 2. The Morgan fingerprint density at radius 1 is 1.80 bits per heavy atom. The van der Waals surface area contributed by atoms with Crippen LogP contribution in [-0.4, -0.2) is 19.9 Å². The summed E-state index contributed by atoms with van der Waals surface area (Å²) >= 11 is 0. The van der Waals surface area contributed by atoms with Gasteiger partial charge in [0.15, 0.2) is 0 Å². The van der Waals surface area contributed by atoms with Gasteiger partial charge in [-0.15, -0.1) is 0 Å². The van der Waals surface area contributed by atoms with Crippen molar-refractivity contribution >= 4 is 6.21 Å². The second-order valence-corrected chi connectivity index (χ2v) is 1.86. The maximum Gasteiger partial charge on any atom is 0.106 e. The van der Waals surface area contributed by atoms with Crippen LogP contribution >= 0.6 is 0 Å². The summed E-state index contributed by atoms with van der Waals surface area (Å²) < 4.78 is 0. The minimum Gasteiger partial charge on any atom is -0.399 e. The molecule has 0 aromatic heterocycles. The molecule has 0 saturated heterocycles. The van der Waals surface area contributed by atoms with E-state index in [0.29, 0.717) is 0 Å². The number of dihydropyridines is 1. The minimum atomic E-state index is 0.863. The minimum absolute atomic E-state index is 0.863. The average Bonchev–Trinajstić information content (AvgIpc) is 2.03. The first kappa shape index (κ1) is 6.86. The number of nitrogens with one attached hydrogen (secondary N) is 1. The quantitative estimate of drug-likeness (QED) is 0.449. The highest BCUT2D eigenvalue weighted by Gasteiger charge is 1.90. The Kier molecular flexibility index (Phi) is 2.55. The number of hydrogen-bond donors (Lipinski definition) is 1. The normalized spacial score (nSPS) is 16.7. The van der Waals surface area contributed by atoms with Crippen molar-refractivity contribution in [2.45, 2.75) is 0 Å². The molecule has 0 radical (unpaired) electrons. The van der Waals surface area contributed by atoms with Crippen LogP contribution in [0.15, 0.2) is 29.1 Å². The van der Waals surface area contributed by atoms with Crippen molar-refractivity contribution < 1.29 is 4.84 Å². The fourth-order valence-corrected chi connectivity index (χ4v) is 0.677. The fraction of sp³-hybridized carbons (Fsp3) is 0.286. The lowest BCUT2D eigenvalue weighted by molar-refractivity contribution is 0.215. The summed E-state index contributed by atoms with van der Waals surface area (Å²) in [6, 6.07) is 0. The van der Waals surface area contributed by atoms with Crippen molar-refractivity contribution in [2.24, 2.45) is 5.16 Å². The zero-order valence-corrected chi connectivity index (χ0v) is 5.87. The molecule has 54 valence electrons. The Morgan fingerprint density at radius 2 is 2.70 bits per heavy atom. The second-order valence-electron chi connectivity index (χ2n) is 1.86. The highest BCUT2D eigenvalue weighted by molar-refractivity contribution is 5.82. The van der Waals surface area contributed by atoms with E-state index < -0.39 is 0 Å². The Labute approximate surface area is 60.1 Å². The Balaban J connectivity index is 2.47. The lowest BCUT2D eigenvalue weighted by Crippen LogP contribution is -2.08. The van der Waals surface area contributed by atoms with E-state index in [-0.39, 0.29) is 0 Å². The summed E-state index contributed by atoms with van der Waals surface area (Å²) in [5.74, 6) is 0. The van der Waals surface area contributed by atoms with Gasteiger partial charge in [-0.25, -0.2) is 0 Å². The van der Waals surface area contributed by atoms with Gasteiger partial charge in [0.2, 0.25) is 0 Å². The first-order valence-electron chi connectivity index (χ1n) is 3.10. The van der Waals surface area contributed by atoms with Crippen molar-refractivity contribution in [1.82, 2.24) is 5.32 Å². The molecular weight excluding hydrogens is 128 g/mol. The zero-order chi connectivity index (χ0) is 7.23. The molecule has 3 heteroatoms. The predicted octanol–water partition coefficient (Wildman–Crippen LogP) is 0.662. The molecule has 0 bridgehead atoms. The van der Waals surface area contributed by atoms with Gasteiger partial charge < -0.3 is 10.2 Å². The van der Waals surface area contributed by atoms with Crippen LogP contribution in [0.4, 0.5) is 0 Å². The summed E-state index contributed by atoms with van der Waals surface area (Å²) in [5.41, 5.74) is 1.07. The third kappa shape index (κ3) is 1.93. The topological polar surface area (TPSA) is 33.6 Å². The lowest BCUT2D eigenvalue weighted by Gasteiger charge is -2.01. The highest BCUT2D eigenvalue weighted by Crippen LogP contribution is 1.95. The highest BCUT2D eigenvalue weighted by atomic mass is 16.6. The molecule has 0 amide bonds. The van der Waals surface area contributed by atoms with E-state index in [1.54, 1.807) is 6.21 Å². The molecule has 1 aliphatic rings. The van der Waals surface area contributed by atoms with Crippen molar-refractivity contribution in [1.29, 1.82) is 0 Å². The lowest BCUT2D eigenvalue weighted by atomic mass is 10.2. The Morgan fingerprint density at radius 3 is 3.30 bits per heavy atom. The number of hydrogen-bond acceptors (Lipinski definition) is 3. The molecule has 0 aliphatic carbocycles. The maximum absolute atomic E-state index is 4.52. The standard InChI is InChI=1S/C7H10N2O/c1-10-9-6-7-2-4-8-5-3-7/h2-4,6,8H,5H2,1H3. The predicted molar refractivity (Wildman–Crippen MR) is 40.7 cm³/mol. The van der Waals surface area contributed by atoms with Gasteiger partial charge in [0.1, 0.15) is 7.11 Å².